The number of aromatic hydroxyl groups is 1. The summed E-state index contributed by atoms with van der Waals surface area (Å²) in [4.78, 5) is 20.7. The molecule has 3 aromatic rings. The molecule has 2 aromatic carbocycles. The van der Waals surface area contributed by atoms with E-state index in [9.17, 15) is 9.90 Å². The Hall–Kier alpha value is -2.41. The van der Waals surface area contributed by atoms with Gasteiger partial charge in [-0.15, -0.1) is 11.3 Å². The van der Waals surface area contributed by atoms with Gasteiger partial charge in [-0.2, -0.15) is 0 Å². The lowest BCUT2D eigenvalue weighted by molar-refractivity contribution is -0.121. The third-order valence-electron chi connectivity index (χ3n) is 5.13. The molecule has 1 fully saturated rings. The summed E-state index contributed by atoms with van der Waals surface area (Å²) >= 11 is 7.67. The van der Waals surface area contributed by atoms with E-state index in [0.29, 0.717) is 10.7 Å². The summed E-state index contributed by atoms with van der Waals surface area (Å²) in [5.41, 5.74) is 1.51. The summed E-state index contributed by atoms with van der Waals surface area (Å²) in [6.07, 6.45) is 3.53. The van der Waals surface area contributed by atoms with Crippen molar-refractivity contribution in [2.24, 2.45) is 5.92 Å². The highest BCUT2D eigenvalue weighted by molar-refractivity contribution is 7.15. The maximum atomic E-state index is 12.6. The monoisotopic (exact) mass is 427 g/mol. The van der Waals surface area contributed by atoms with E-state index in [1.54, 1.807) is 23.5 Å². The van der Waals surface area contributed by atoms with E-state index in [4.69, 9.17) is 11.6 Å². The lowest BCUT2D eigenvalue weighted by atomic mass is 9.95. The van der Waals surface area contributed by atoms with Gasteiger partial charge in [-0.25, -0.2) is 4.98 Å². The third-order valence-corrected chi connectivity index (χ3v) is 6.39. The second-order valence-electron chi connectivity index (χ2n) is 7.20. The number of phenols is 1. The molecule has 0 saturated carbocycles. The van der Waals surface area contributed by atoms with Crippen LogP contribution in [0.25, 0.3) is 10.6 Å². The highest BCUT2D eigenvalue weighted by Gasteiger charge is 2.26. The molecule has 0 unspecified atom stereocenters. The van der Waals surface area contributed by atoms with E-state index in [1.807, 2.05) is 24.4 Å². The molecular formula is C22H22ClN3O2S. The molecule has 2 heterocycles. The molecular weight excluding hydrogens is 406 g/mol. The van der Waals surface area contributed by atoms with Crippen LogP contribution in [0.1, 0.15) is 17.7 Å². The SMILES string of the molecule is O=C(Nc1cc(Cl)ccc1O)C1CCN(Cc2cnc(-c3ccccc3)s2)CC1. The molecule has 29 heavy (non-hydrogen) atoms. The van der Waals surface area contributed by atoms with E-state index in [1.165, 1.54) is 10.9 Å². The minimum atomic E-state index is -0.0639. The van der Waals surface area contributed by atoms with Crippen LogP contribution in [0.5, 0.6) is 5.75 Å². The highest BCUT2D eigenvalue weighted by Crippen LogP contribution is 2.29. The van der Waals surface area contributed by atoms with E-state index < -0.39 is 0 Å². The van der Waals surface area contributed by atoms with Crippen molar-refractivity contribution in [2.75, 3.05) is 18.4 Å². The molecule has 0 radical (unpaired) electrons. The molecule has 5 nitrogen and oxygen atoms in total. The van der Waals surface area contributed by atoms with Crippen LogP contribution in [0.15, 0.2) is 54.7 Å². The number of carbonyl (C=O) groups excluding carboxylic acids is 1. The van der Waals surface area contributed by atoms with Crippen LogP contribution in [0.3, 0.4) is 0 Å². The third kappa shape index (κ3) is 4.96. The minimum Gasteiger partial charge on any atom is -0.506 e. The van der Waals surface area contributed by atoms with Gasteiger partial charge in [0.05, 0.1) is 5.69 Å². The Morgan fingerprint density at radius 1 is 1.21 bits per heavy atom. The largest absolute Gasteiger partial charge is 0.506 e. The summed E-state index contributed by atoms with van der Waals surface area (Å²) in [6.45, 7) is 2.57. The van der Waals surface area contributed by atoms with Gasteiger partial charge < -0.3 is 10.4 Å². The zero-order chi connectivity index (χ0) is 20.2. The number of anilines is 1. The Kier molecular flexibility index (Phi) is 6.13. The number of nitrogens with zero attached hydrogens (tertiary/aromatic N) is 2. The predicted octanol–water partition coefficient (Wildman–Crippen LogP) is 5.02. The molecule has 1 aliphatic rings. The van der Waals surface area contributed by atoms with Gasteiger partial charge in [-0.05, 0) is 44.1 Å². The van der Waals surface area contributed by atoms with Gasteiger partial charge >= 0.3 is 0 Å². The van der Waals surface area contributed by atoms with Crippen LogP contribution in [0.4, 0.5) is 5.69 Å². The molecule has 7 heteroatoms. The number of phenolic OH excluding ortho intramolecular Hbond substituents is 1. The molecule has 0 bridgehead atoms. The molecule has 4 rings (SSSR count). The molecule has 1 amide bonds. The molecule has 2 N–H and O–H groups in total. The first-order valence-corrected chi connectivity index (χ1v) is 10.8. The van der Waals surface area contributed by atoms with Crippen molar-refractivity contribution in [3.8, 4) is 16.3 Å². The second-order valence-corrected chi connectivity index (χ2v) is 8.75. The normalized spacial score (nSPS) is 15.3. The van der Waals surface area contributed by atoms with Gasteiger partial charge in [0.25, 0.3) is 0 Å². The molecule has 1 saturated heterocycles. The van der Waals surface area contributed by atoms with Crippen LogP contribution >= 0.6 is 22.9 Å². The van der Waals surface area contributed by atoms with Crippen molar-refractivity contribution in [1.82, 2.24) is 9.88 Å². The summed E-state index contributed by atoms with van der Waals surface area (Å²) in [5.74, 6) is -0.100. The van der Waals surface area contributed by atoms with Crippen LogP contribution in [-0.4, -0.2) is 34.0 Å². The van der Waals surface area contributed by atoms with E-state index in [-0.39, 0.29) is 17.6 Å². The van der Waals surface area contributed by atoms with Gasteiger partial charge in [-0.3, -0.25) is 9.69 Å². The highest BCUT2D eigenvalue weighted by atomic mass is 35.5. The fourth-order valence-corrected chi connectivity index (χ4v) is 4.64. The van der Waals surface area contributed by atoms with E-state index >= 15 is 0 Å². The van der Waals surface area contributed by atoms with Gasteiger partial charge in [0, 0.05) is 34.1 Å². The molecule has 1 aliphatic heterocycles. The number of thiazole rings is 1. The first-order valence-electron chi connectivity index (χ1n) is 9.60. The minimum absolute atomic E-state index is 0.0274. The summed E-state index contributed by atoms with van der Waals surface area (Å²) < 4.78 is 0. The van der Waals surface area contributed by atoms with Crippen molar-refractivity contribution in [3.63, 3.8) is 0 Å². The summed E-state index contributed by atoms with van der Waals surface area (Å²) in [6, 6.07) is 14.8. The Morgan fingerprint density at radius 2 is 1.97 bits per heavy atom. The molecule has 150 valence electrons. The number of piperidine rings is 1. The van der Waals surface area contributed by atoms with Crippen LogP contribution in [0, 0.1) is 5.92 Å². The Balaban J connectivity index is 1.30. The number of carbonyl (C=O) groups is 1. The Bertz CT molecular complexity index is 985. The summed E-state index contributed by atoms with van der Waals surface area (Å²) in [7, 11) is 0. The Morgan fingerprint density at radius 3 is 2.72 bits per heavy atom. The first kappa shape index (κ1) is 19.9. The second kappa shape index (κ2) is 8.95. The van der Waals surface area contributed by atoms with Crippen LogP contribution in [0.2, 0.25) is 5.02 Å². The van der Waals surface area contributed by atoms with Crippen molar-refractivity contribution < 1.29 is 9.90 Å². The zero-order valence-corrected chi connectivity index (χ0v) is 17.4. The average molecular weight is 428 g/mol. The maximum Gasteiger partial charge on any atom is 0.227 e. The number of hydrogen-bond acceptors (Lipinski definition) is 5. The lowest BCUT2D eigenvalue weighted by Gasteiger charge is -2.30. The number of nitrogens with one attached hydrogen (secondary N) is 1. The number of benzene rings is 2. The van der Waals surface area contributed by atoms with Crippen molar-refractivity contribution >= 4 is 34.5 Å². The molecule has 0 spiro atoms. The maximum absolute atomic E-state index is 12.6. The van der Waals surface area contributed by atoms with E-state index in [0.717, 1.165) is 43.0 Å². The van der Waals surface area contributed by atoms with Gasteiger partial charge in [0.1, 0.15) is 10.8 Å². The zero-order valence-electron chi connectivity index (χ0n) is 15.8. The first-order chi connectivity index (χ1) is 14.1. The predicted molar refractivity (Wildman–Crippen MR) is 117 cm³/mol. The van der Waals surface area contributed by atoms with Gasteiger partial charge in [-0.1, -0.05) is 41.9 Å². The van der Waals surface area contributed by atoms with Crippen molar-refractivity contribution in [1.29, 1.82) is 0 Å². The smallest absolute Gasteiger partial charge is 0.227 e. The molecule has 0 atom stereocenters. The number of halogens is 1. The van der Waals surface area contributed by atoms with Gasteiger partial charge in [0.15, 0.2) is 0 Å². The van der Waals surface area contributed by atoms with Crippen LogP contribution < -0.4 is 5.32 Å². The number of amides is 1. The quantitative estimate of drug-likeness (QED) is 0.561. The Labute approximate surface area is 179 Å². The topological polar surface area (TPSA) is 65.5 Å². The standard InChI is InChI=1S/C22H22ClN3O2S/c23-17-6-7-20(27)19(12-17)25-21(28)15-8-10-26(11-9-15)14-18-13-24-22(29-18)16-4-2-1-3-5-16/h1-7,12-13,15,27H,8-11,14H2,(H,25,28). The summed E-state index contributed by atoms with van der Waals surface area (Å²) in [5, 5.41) is 14.2. The number of hydrogen-bond donors (Lipinski definition) is 2. The molecule has 1 aromatic heterocycles. The van der Waals surface area contributed by atoms with Crippen LogP contribution in [-0.2, 0) is 11.3 Å². The fourth-order valence-electron chi connectivity index (χ4n) is 3.51. The van der Waals surface area contributed by atoms with Crippen molar-refractivity contribution in [3.05, 3.63) is 64.6 Å². The fraction of sp³-hybridized carbons (Fsp3) is 0.273. The molecule has 0 aliphatic carbocycles. The van der Waals surface area contributed by atoms with E-state index in [2.05, 4.69) is 27.3 Å². The number of aromatic nitrogens is 1. The number of rotatable bonds is 5. The average Bonchev–Trinajstić information content (AvgIpc) is 3.20. The van der Waals surface area contributed by atoms with Crippen molar-refractivity contribution in [2.45, 2.75) is 19.4 Å². The lowest BCUT2D eigenvalue weighted by Crippen LogP contribution is -2.37. The number of likely N-dealkylation sites (tertiary alicyclic amines) is 1. The van der Waals surface area contributed by atoms with Gasteiger partial charge in [0.2, 0.25) is 5.91 Å².